The Morgan fingerprint density at radius 3 is 2.54 bits per heavy atom. The lowest BCUT2D eigenvalue weighted by atomic mass is 9.97. The van der Waals surface area contributed by atoms with Crippen LogP contribution in [0.2, 0.25) is 5.02 Å². The van der Waals surface area contributed by atoms with E-state index < -0.39 is 18.0 Å². The van der Waals surface area contributed by atoms with Crippen molar-refractivity contribution in [1.29, 1.82) is 0 Å². The van der Waals surface area contributed by atoms with Crippen LogP contribution in [0.5, 0.6) is 5.75 Å². The predicted octanol–water partition coefficient (Wildman–Crippen LogP) is 4.63. The lowest BCUT2D eigenvalue weighted by Crippen LogP contribution is -2.30. The molecule has 0 aliphatic rings. The molecule has 0 bridgehead atoms. The minimum atomic E-state index is -1.02. The van der Waals surface area contributed by atoms with Gasteiger partial charge in [-0.25, -0.2) is 4.79 Å². The topological polar surface area (TPSA) is 90.7 Å². The average molecular weight is 405 g/mol. The van der Waals surface area contributed by atoms with Crippen molar-refractivity contribution in [2.45, 2.75) is 39.2 Å². The van der Waals surface area contributed by atoms with Gasteiger partial charge < -0.3 is 20.5 Å². The summed E-state index contributed by atoms with van der Waals surface area (Å²) in [5.74, 6) is -0.640. The number of carbonyl (C=O) groups is 2. The molecule has 6 nitrogen and oxygen atoms in total. The molecule has 0 aromatic heterocycles. The first kappa shape index (κ1) is 21.6. The highest BCUT2D eigenvalue weighted by Crippen LogP contribution is 2.30. The number of nitrogen functional groups attached to an aromatic ring is 1. The van der Waals surface area contributed by atoms with Crippen molar-refractivity contribution < 1.29 is 19.1 Å². The van der Waals surface area contributed by atoms with Crippen LogP contribution in [0.4, 0.5) is 11.4 Å². The van der Waals surface area contributed by atoms with Crippen LogP contribution in [0, 0.1) is 0 Å². The van der Waals surface area contributed by atoms with Gasteiger partial charge in [0.1, 0.15) is 11.3 Å². The molecule has 2 aromatic carbocycles. The summed E-state index contributed by atoms with van der Waals surface area (Å²) in [7, 11) is 1.40. The first-order valence-corrected chi connectivity index (χ1v) is 9.40. The molecule has 7 heteroatoms. The molecule has 0 fully saturated rings. The third kappa shape index (κ3) is 4.95. The smallest absolute Gasteiger partial charge is 0.342 e. The molecule has 2 unspecified atom stereocenters. The minimum Gasteiger partial charge on any atom is -0.496 e. The summed E-state index contributed by atoms with van der Waals surface area (Å²) in [6.07, 6.45) is -0.0757. The Hall–Kier alpha value is -2.73. The Morgan fingerprint density at radius 1 is 1.21 bits per heavy atom. The van der Waals surface area contributed by atoms with E-state index in [0.717, 1.165) is 12.0 Å². The van der Waals surface area contributed by atoms with Gasteiger partial charge in [0.2, 0.25) is 0 Å². The summed E-state index contributed by atoms with van der Waals surface area (Å²) in [6.45, 7) is 5.68. The van der Waals surface area contributed by atoms with Gasteiger partial charge in [0.05, 0.1) is 17.8 Å². The highest BCUT2D eigenvalue weighted by molar-refractivity contribution is 6.33. The highest BCUT2D eigenvalue weighted by Gasteiger charge is 2.23. The molecule has 0 spiro atoms. The van der Waals surface area contributed by atoms with Gasteiger partial charge in [0, 0.05) is 11.8 Å². The molecule has 0 heterocycles. The molecule has 0 saturated heterocycles. The van der Waals surface area contributed by atoms with Crippen molar-refractivity contribution in [1.82, 2.24) is 0 Å². The Morgan fingerprint density at radius 2 is 1.89 bits per heavy atom. The van der Waals surface area contributed by atoms with E-state index in [-0.39, 0.29) is 27.9 Å². The summed E-state index contributed by atoms with van der Waals surface area (Å²) >= 11 is 5.99. The van der Waals surface area contributed by atoms with Crippen LogP contribution in [-0.2, 0) is 9.53 Å². The number of anilines is 2. The number of rotatable bonds is 7. The Balaban J connectivity index is 2.13. The largest absolute Gasteiger partial charge is 0.496 e. The fourth-order valence-electron chi connectivity index (χ4n) is 2.67. The molecule has 2 aromatic rings. The second-order valence-corrected chi connectivity index (χ2v) is 6.91. The van der Waals surface area contributed by atoms with E-state index in [4.69, 9.17) is 26.8 Å². The third-order valence-corrected chi connectivity index (χ3v) is 4.88. The van der Waals surface area contributed by atoms with Gasteiger partial charge in [-0.2, -0.15) is 0 Å². The van der Waals surface area contributed by atoms with Crippen molar-refractivity contribution in [3.05, 3.63) is 52.5 Å². The fraction of sp³-hybridized carbons (Fsp3) is 0.333. The van der Waals surface area contributed by atoms with E-state index in [0.29, 0.717) is 5.69 Å². The standard InChI is InChI=1S/C21H25ClN2O4/c1-5-12(2)14-8-6-7-9-18(14)24-20(25)13(3)28-21(26)15-10-16(22)17(23)11-19(15)27-4/h6-13H,5,23H2,1-4H3,(H,24,25). The molecule has 150 valence electrons. The van der Waals surface area contributed by atoms with Crippen LogP contribution >= 0.6 is 11.6 Å². The maximum Gasteiger partial charge on any atom is 0.342 e. The van der Waals surface area contributed by atoms with E-state index in [1.54, 1.807) is 0 Å². The number of benzene rings is 2. The summed E-state index contributed by atoms with van der Waals surface area (Å²) in [5.41, 5.74) is 7.84. The zero-order valence-electron chi connectivity index (χ0n) is 16.4. The molecule has 0 aliphatic carbocycles. The number of nitrogens with two attached hydrogens (primary N) is 1. The maximum atomic E-state index is 12.6. The highest BCUT2D eigenvalue weighted by atomic mass is 35.5. The number of hydrogen-bond acceptors (Lipinski definition) is 5. The first-order chi connectivity index (χ1) is 13.3. The number of para-hydroxylation sites is 1. The van der Waals surface area contributed by atoms with Crippen LogP contribution in [0.3, 0.4) is 0 Å². The maximum absolute atomic E-state index is 12.6. The van der Waals surface area contributed by atoms with Crippen LogP contribution in [0.1, 0.15) is 49.0 Å². The Kier molecular flexibility index (Phi) is 7.29. The van der Waals surface area contributed by atoms with E-state index >= 15 is 0 Å². The van der Waals surface area contributed by atoms with Gasteiger partial charge in [-0.15, -0.1) is 0 Å². The number of ether oxygens (including phenoxy) is 2. The van der Waals surface area contributed by atoms with Crippen LogP contribution < -0.4 is 15.8 Å². The number of amides is 1. The Labute approximate surface area is 170 Å². The zero-order chi connectivity index (χ0) is 20.8. The molecule has 0 aliphatic heterocycles. The molecule has 2 rings (SSSR count). The van der Waals surface area contributed by atoms with Crippen molar-refractivity contribution in [2.24, 2.45) is 0 Å². The van der Waals surface area contributed by atoms with Gasteiger partial charge >= 0.3 is 5.97 Å². The number of halogens is 1. The summed E-state index contributed by atoms with van der Waals surface area (Å²) in [6, 6.07) is 10.4. The predicted molar refractivity (Wildman–Crippen MR) is 111 cm³/mol. The molecule has 0 radical (unpaired) electrons. The first-order valence-electron chi connectivity index (χ1n) is 9.02. The van der Waals surface area contributed by atoms with E-state index in [1.165, 1.54) is 26.2 Å². The molecule has 2 atom stereocenters. The van der Waals surface area contributed by atoms with Gasteiger partial charge in [-0.1, -0.05) is 43.6 Å². The van der Waals surface area contributed by atoms with E-state index in [2.05, 4.69) is 19.2 Å². The third-order valence-electron chi connectivity index (χ3n) is 4.55. The lowest BCUT2D eigenvalue weighted by molar-refractivity contribution is -0.123. The fourth-order valence-corrected chi connectivity index (χ4v) is 2.83. The summed E-state index contributed by atoms with van der Waals surface area (Å²) < 4.78 is 10.5. The van der Waals surface area contributed by atoms with Crippen LogP contribution in [0.15, 0.2) is 36.4 Å². The average Bonchev–Trinajstić information content (AvgIpc) is 2.69. The normalized spacial score (nSPS) is 12.8. The van der Waals surface area contributed by atoms with Gasteiger partial charge in [0.25, 0.3) is 5.91 Å². The van der Waals surface area contributed by atoms with Crippen molar-refractivity contribution in [3.63, 3.8) is 0 Å². The Bertz CT molecular complexity index is 869. The lowest BCUT2D eigenvalue weighted by Gasteiger charge is -2.18. The molecule has 3 N–H and O–H groups in total. The number of carbonyl (C=O) groups excluding carboxylic acids is 2. The number of esters is 1. The summed E-state index contributed by atoms with van der Waals surface area (Å²) in [5, 5.41) is 3.04. The number of nitrogens with one attached hydrogen (secondary N) is 1. The monoisotopic (exact) mass is 404 g/mol. The second kappa shape index (κ2) is 9.46. The second-order valence-electron chi connectivity index (χ2n) is 6.51. The number of hydrogen-bond donors (Lipinski definition) is 2. The SMILES string of the molecule is CCC(C)c1ccccc1NC(=O)C(C)OC(=O)c1cc(Cl)c(N)cc1OC. The van der Waals surface area contributed by atoms with Gasteiger partial charge in [0.15, 0.2) is 6.10 Å². The molecule has 0 saturated carbocycles. The van der Waals surface area contributed by atoms with Crippen molar-refractivity contribution in [3.8, 4) is 5.75 Å². The molecular formula is C21H25ClN2O4. The van der Waals surface area contributed by atoms with Gasteiger partial charge in [-0.3, -0.25) is 4.79 Å². The van der Waals surface area contributed by atoms with Crippen molar-refractivity contribution >= 4 is 34.9 Å². The van der Waals surface area contributed by atoms with E-state index in [1.807, 2.05) is 24.3 Å². The quantitative estimate of drug-likeness (QED) is 0.518. The van der Waals surface area contributed by atoms with Crippen molar-refractivity contribution in [2.75, 3.05) is 18.2 Å². The van der Waals surface area contributed by atoms with E-state index in [9.17, 15) is 9.59 Å². The molecule has 1 amide bonds. The van der Waals surface area contributed by atoms with Gasteiger partial charge in [-0.05, 0) is 37.0 Å². The number of methoxy groups -OCH3 is 1. The minimum absolute atomic E-state index is 0.0985. The summed E-state index contributed by atoms with van der Waals surface area (Å²) in [4.78, 5) is 25.0. The molecular weight excluding hydrogens is 380 g/mol. The molecule has 28 heavy (non-hydrogen) atoms. The van der Waals surface area contributed by atoms with Crippen LogP contribution in [0.25, 0.3) is 0 Å². The van der Waals surface area contributed by atoms with Crippen LogP contribution in [-0.4, -0.2) is 25.1 Å². The zero-order valence-corrected chi connectivity index (χ0v) is 17.2.